The molecule has 0 aromatic heterocycles. The molecule has 5 nitrogen and oxygen atoms in total. The van der Waals surface area contributed by atoms with Gasteiger partial charge < -0.3 is 16.2 Å². The highest BCUT2D eigenvalue weighted by molar-refractivity contribution is 9.10. The van der Waals surface area contributed by atoms with E-state index in [4.69, 9.17) is 5.73 Å². The Morgan fingerprint density at radius 3 is 2.53 bits per heavy atom. The minimum absolute atomic E-state index is 0.139. The maximum Gasteiger partial charge on any atom is 0.329 e. The molecule has 1 aromatic rings. The van der Waals surface area contributed by atoms with Crippen LogP contribution in [0.5, 0.6) is 0 Å². The van der Waals surface area contributed by atoms with Crippen LogP contribution in [0.4, 0.5) is 5.69 Å². The van der Waals surface area contributed by atoms with E-state index in [0.717, 1.165) is 12.8 Å². The monoisotopic (exact) mass is 326 g/mol. The molecular formula is C13H15BrN2O3. The summed E-state index contributed by atoms with van der Waals surface area (Å²) in [6.07, 6.45) is 1.83. The second-order valence-corrected chi connectivity index (χ2v) is 5.82. The van der Waals surface area contributed by atoms with Gasteiger partial charge in [-0.2, -0.15) is 0 Å². The summed E-state index contributed by atoms with van der Waals surface area (Å²) in [5.41, 5.74) is 5.25. The van der Waals surface area contributed by atoms with Crippen molar-refractivity contribution in [3.63, 3.8) is 0 Å². The first-order valence-corrected chi connectivity index (χ1v) is 6.75. The van der Waals surface area contributed by atoms with Crippen molar-refractivity contribution in [1.82, 2.24) is 0 Å². The predicted octanol–water partition coefficient (Wildman–Crippen LogP) is 2.21. The third-order valence-electron chi connectivity index (χ3n) is 3.48. The molecule has 1 saturated carbocycles. The molecule has 1 aliphatic rings. The minimum atomic E-state index is -0.978. The van der Waals surface area contributed by atoms with Crippen LogP contribution >= 0.6 is 15.9 Å². The minimum Gasteiger partial charge on any atom is -0.480 e. The first kappa shape index (κ1) is 13.9. The van der Waals surface area contributed by atoms with Crippen LogP contribution in [0.2, 0.25) is 0 Å². The number of halogens is 1. The number of nitrogens with one attached hydrogen (secondary N) is 1. The van der Waals surface area contributed by atoms with E-state index < -0.39 is 17.4 Å². The zero-order valence-corrected chi connectivity index (χ0v) is 12.0. The van der Waals surface area contributed by atoms with Crippen LogP contribution in [-0.2, 0) is 4.79 Å². The van der Waals surface area contributed by atoms with Crippen LogP contribution in [0.15, 0.2) is 22.7 Å². The second-order valence-electron chi connectivity index (χ2n) is 4.97. The highest BCUT2D eigenvalue weighted by Gasteiger charge is 2.47. The number of anilines is 1. The van der Waals surface area contributed by atoms with Gasteiger partial charge in [-0.25, -0.2) is 4.79 Å². The molecule has 1 amide bonds. The van der Waals surface area contributed by atoms with Gasteiger partial charge >= 0.3 is 5.97 Å². The van der Waals surface area contributed by atoms with Gasteiger partial charge in [0.1, 0.15) is 5.54 Å². The molecular weight excluding hydrogens is 312 g/mol. The van der Waals surface area contributed by atoms with Crippen molar-refractivity contribution >= 4 is 33.5 Å². The largest absolute Gasteiger partial charge is 0.480 e. The highest BCUT2D eigenvalue weighted by Crippen LogP contribution is 2.41. The fourth-order valence-electron chi connectivity index (χ4n) is 2.08. The Balaban J connectivity index is 2.25. The van der Waals surface area contributed by atoms with E-state index in [0.29, 0.717) is 15.7 Å². The molecule has 0 aliphatic heterocycles. The number of carboxylic acid groups (broad SMARTS) is 1. The van der Waals surface area contributed by atoms with Gasteiger partial charge in [0.2, 0.25) is 5.91 Å². The average molecular weight is 327 g/mol. The van der Waals surface area contributed by atoms with Crippen LogP contribution in [0, 0.1) is 5.92 Å². The normalized spacial score (nSPS) is 17.6. The van der Waals surface area contributed by atoms with Crippen molar-refractivity contribution < 1.29 is 14.7 Å². The molecule has 4 N–H and O–H groups in total. The summed E-state index contributed by atoms with van der Waals surface area (Å²) in [5, 5.41) is 12.4. The van der Waals surface area contributed by atoms with E-state index in [1.54, 1.807) is 25.1 Å². The van der Waals surface area contributed by atoms with Gasteiger partial charge in [0, 0.05) is 10.2 Å². The Hall–Kier alpha value is -1.56. The number of carbonyl (C=O) groups is 2. The molecule has 0 spiro atoms. The van der Waals surface area contributed by atoms with Gasteiger partial charge in [-0.3, -0.25) is 4.79 Å². The fraction of sp³-hybridized carbons (Fsp3) is 0.385. The molecule has 6 heteroatoms. The zero-order chi connectivity index (χ0) is 14.2. The number of primary amides is 1. The molecule has 1 aromatic carbocycles. The summed E-state index contributed by atoms with van der Waals surface area (Å²) >= 11 is 3.26. The Morgan fingerprint density at radius 1 is 1.47 bits per heavy atom. The number of benzene rings is 1. The summed E-state index contributed by atoms with van der Waals surface area (Å²) in [4.78, 5) is 22.5. The average Bonchev–Trinajstić information content (AvgIpc) is 3.11. The number of rotatable bonds is 5. The van der Waals surface area contributed by atoms with Crippen LogP contribution in [-0.4, -0.2) is 22.5 Å². The summed E-state index contributed by atoms with van der Waals surface area (Å²) in [7, 11) is 0. The number of carbonyl (C=O) groups excluding carboxylic acids is 1. The number of hydrogen-bond acceptors (Lipinski definition) is 3. The Morgan fingerprint density at radius 2 is 2.11 bits per heavy atom. The van der Waals surface area contributed by atoms with Gasteiger partial charge in [0.15, 0.2) is 0 Å². The Bertz CT molecular complexity index is 543. The molecule has 1 fully saturated rings. The molecule has 2 rings (SSSR count). The molecule has 0 heterocycles. The smallest absolute Gasteiger partial charge is 0.329 e. The molecule has 0 saturated heterocycles. The van der Waals surface area contributed by atoms with E-state index in [9.17, 15) is 14.7 Å². The molecule has 102 valence electrons. The standard InChI is InChI=1S/C13H15BrN2O3/c1-13(12(18)19,7-2-3-7)16-8-4-5-9(11(15)17)10(14)6-8/h4-7,16H,2-3H2,1H3,(H2,15,17)(H,18,19). The molecule has 1 aliphatic carbocycles. The van der Waals surface area contributed by atoms with Crippen molar-refractivity contribution in [3.05, 3.63) is 28.2 Å². The van der Waals surface area contributed by atoms with Crippen molar-refractivity contribution in [2.45, 2.75) is 25.3 Å². The summed E-state index contributed by atoms with van der Waals surface area (Å²) < 4.78 is 0.550. The molecule has 0 bridgehead atoms. The van der Waals surface area contributed by atoms with E-state index in [-0.39, 0.29) is 5.92 Å². The Kier molecular flexibility index (Phi) is 3.54. The first-order chi connectivity index (χ1) is 8.84. The van der Waals surface area contributed by atoms with Crippen LogP contribution in [0.1, 0.15) is 30.1 Å². The number of hydrogen-bond donors (Lipinski definition) is 3. The maximum absolute atomic E-state index is 11.4. The second kappa shape index (κ2) is 4.85. The quantitative estimate of drug-likeness (QED) is 0.773. The lowest BCUT2D eigenvalue weighted by Gasteiger charge is -2.27. The maximum atomic E-state index is 11.4. The lowest BCUT2D eigenvalue weighted by Crippen LogP contribution is -2.45. The lowest BCUT2D eigenvalue weighted by atomic mass is 9.95. The first-order valence-electron chi connectivity index (χ1n) is 5.95. The van der Waals surface area contributed by atoms with Gasteiger partial charge in [-0.05, 0) is 59.8 Å². The zero-order valence-electron chi connectivity index (χ0n) is 10.4. The Labute approximate surface area is 119 Å². The predicted molar refractivity (Wildman–Crippen MR) is 75.0 cm³/mol. The van der Waals surface area contributed by atoms with Crippen molar-refractivity contribution in [2.75, 3.05) is 5.32 Å². The van der Waals surface area contributed by atoms with Gasteiger partial charge in [0.25, 0.3) is 0 Å². The molecule has 1 unspecified atom stereocenters. The molecule has 19 heavy (non-hydrogen) atoms. The number of aliphatic carboxylic acids is 1. The molecule has 1 atom stereocenters. The summed E-state index contributed by atoms with van der Waals surface area (Å²) in [6.45, 7) is 1.68. The molecule has 0 radical (unpaired) electrons. The third-order valence-corrected chi connectivity index (χ3v) is 4.13. The van der Waals surface area contributed by atoms with E-state index in [1.165, 1.54) is 0 Å². The van der Waals surface area contributed by atoms with Gasteiger partial charge in [-0.1, -0.05) is 0 Å². The summed E-state index contributed by atoms with van der Waals surface area (Å²) in [6, 6.07) is 4.90. The number of carboxylic acids is 1. The van der Waals surface area contributed by atoms with Crippen molar-refractivity contribution in [1.29, 1.82) is 0 Å². The lowest BCUT2D eigenvalue weighted by molar-refractivity contribution is -0.142. The van der Waals surface area contributed by atoms with Gasteiger partial charge in [0.05, 0.1) is 5.56 Å². The van der Waals surface area contributed by atoms with E-state index in [1.807, 2.05) is 0 Å². The third kappa shape index (κ3) is 2.73. The van der Waals surface area contributed by atoms with Crippen molar-refractivity contribution in [3.8, 4) is 0 Å². The number of nitrogens with two attached hydrogens (primary N) is 1. The van der Waals surface area contributed by atoms with Crippen LogP contribution in [0.25, 0.3) is 0 Å². The topological polar surface area (TPSA) is 92.4 Å². The van der Waals surface area contributed by atoms with Crippen molar-refractivity contribution in [2.24, 2.45) is 11.7 Å². The van der Waals surface area contributed by atoms with Gasteiger partial charge in [-0.15, -0.1) is 0 Å². The van der Waals surface area contributed by atoms with E-state index >= 15 is 0 Å². The fourth-order valence-corrected chi connectivity index (χ4v) is 2.66. The van der Waals surface area contributed by atoms with E-state index in [2.05, 4.69) is 21.2 Å². The van der Waals surface area contributed by atoms with Crippen LogP contribution < -0.4 is 11.1 Å². The number of amides is 1. The summed E-state index contributed by atoms with van der Waals surface area (Å²) in [5.74, 6) is -1.26. The SMILES string of the molecule is CC(Nc1ccc(C(N)=O)c(Br)c1)(C(=O)O)C1CC1. The highest BCUT2D eigenvalue weighted by atomic mass is 79.9. The van der Waals surface area contributed by atoms with Crippen LogP contribution in [0.3, 0.4) is 0 Å².